The minimum absolute atomic E-state index is 0.902. The molecule has 9 rings (SSSR count). The highest BCUT2D eigenvalue weighted by molar-refractivity contribution is 6.28. The Morgan fingerprint density at radius 2 is 0.976 bits per heavy atom. The van der Waals surface area contributed by atoms with Crippen molar-refractivity contribution < 1.29 is 0 Å². The lowest BCUT2D eigenvalue weighted by Gasteiger charge is -2.11. The van der Waals surface area contributed by atoms with E-state index in [2.05, 4.69) is 137 Å². The smallest absolute Gasteiger partial charge is 0.138 e. The van der Waals surface area contributed by atoms with Gasteiger partial charge in [0.1, 0.15) is 11.6 Å². The second-order valence-corrected chi connectivity index (χ2v) is 10.7. The molecule has 0 saturated carbocycles. The van der Waals surface area contributed by atoms with E-state index in [1.54, 1.807) is 0 Å². The Labute approximate surface area is 241 Å². The van der Waals surface area contributed by atoms with Gasteiger partial charge in [-0.15, -0.1) is 0 Å². The van der Waals surface area contributed by atoms with Crippen LogP contribution in [0, 0.1) is 0 Å². The molecule has 42 heavy (non-hydrogen) atoms. The monoisotopic (exact) mass is 536 g/mol. The molecular formula is C38H24N4. The summed E-state index contributed by atoms with van der Waals surface area (Å²) in [7, 11) is 0. The third-order valence-electron chi connectivity index (χ3n) is 8.38. The predicted molar refractivity (Wildman–Crippen MR) is 174 cm³/mol. The molecule has 0 fully saturated rings. The first-order valence-corrected chi connectivity index (χ1v) is 14.2. The molecule has 0 unspecified atom stereocenters. The van der Waals surface area contributed by atoms with Gasteiger partial charge in [0, 0.05) is 33.3 Å². The Morgan fingerprint density at radius 3 is 1.69 bits per heavy atom. The summed E-state index contributed by atoms with van der Waals surface area (Å²) in [5.74, 6) is 1.82. The average molecular weight is 537 g/mol. The lowest BCUT2D eigenvalue weighted by Crippen LogP contribution is -1.99. The number of fused-ring (bicyclic) bond motifs is 8. The molecular weight excluding hydrogens is 512 g/mol. The van der Waals surface area contributed by atoms with Gasteiger partial charge in [-0.2, -0.15) is 0 Å². The number of aromatic nitrogens is 4. The summed E-state index contributed by atoms with van der Waals surface area (Å²) < 4.78 is 4.58. The Balaban J connectivity index is 1.38. The maximum absolute atomic E-state index is 5.28. The van der Waals surface area contributed by atoms with Crippen molar-refractivity contribution in [3.05, 3.63) is 146 Å². The predicted octanol–water partition coefficient (Wildman–Crippen LogP) is 9.49. The van der Waals surface area contributed by atoms with Crippen molar-refractivity contribution in [1.82, 2.24) is 19.1 Å². The number of pyridine rings is 2. The van der Waals surface area contributed by atoms with Gasteiger partial charge in [0.05, 0.1) is 27.8 Å². The lowest BCUT2D eigenvalue weighted by atomic mass is 10.0. The van der Waals surface area contributed by atoms with E-state index in [0.717, 1.165) is 45.0 Å². The van der Waals surface area contributed by atoms with Crippen molar-refractivity contribution in [3.8, 4) is 22.9 Å². The highest BCUT2D eigenvalue weighted by Crippen LogP contribution is 2.42. The zero-order chi connectivity index (χ0) is 27.6. The Bertz CT molecular complexity index is 2460. The van der Waals surface area contributed by atoms with Gasteiger partial charge < -0.3 is 0 Å². The van der Waals surface area contributed by atoms with Crippen LogP contribution in [0.4, 0.5) is 0 Å². The first kappa shape index (κ1) is 23.0. The number of nitrogens with zero attached hydrogens (tertiary/aromatic N) is 4. The zero-order valence-corrected chi connectivity index (χ0v) is 22.6. The molecule has 0 saturated heterocycles. The van der Waals surface area contributed by atoms with Gasteiger partial charge in [-0.3, -0.25) is 9.13 Å². The molecule has 9 aromatic rings. The van der Waals surface area contributed by atoms with Crippen LogP contribution in [0.3, 0.4) is 0 Å². The van der Waals surface area contributed by atoms with Crippen LogP contribution < -0.4 is 0 Å². The molecule has 0 atom stereocenters. The van der Waals surface area contributed by atoms with Gasteiger partial charge in [0.2, 0.25) is 0 Å². The van der Waals surface area contributed by atoms with Crippen molar-refractivity contribution in [2.24, 2.45) is 0 Å². The summed E-state index contributed by atoms with van der Waals surface area (Å²) in [4.78, 5) is 10.0. The Kier molecular flexibility index (Phi) is 4.87. The van der Waals surface area contributed by atoms with E-state index in [1.807, 2.05) is 18.3 Å². The minimum Gasteiger partial charge on any atom is -0.294 e. The summed E-state index contributed by atoms with van der Waals surface area (Å²) in [6, 6.07) is 49.1. The lowest BCUT2D eigenvalue weighted by molar-refractivity contribution is 1.08. The number of hydrogen-bond donors (Lipinski definition) is 0. The van der Waals surface area contributed by atoms with Crippen LogP contribution >= 0.6 is 0 Å². The number of benzene rings is 5. The fourth-order valence-corrected chi connectivity index (χ4v) is 6.64. The molecule has 0 aliphatic heterocycles. The van der Waals surface area contributed by atoms with Crippen LogP contribution in [0.2, 0.25) is 0 Å². The highest BCUT2D eigenvalue weighted by Gasteiger charge is 2.21. The van der Waals surface area contributed by atoms with Crippen molar-refractivity contribution in [2.45, 2.75) is 0 Å². The van der Waals surface area contributed by atoms with Crippen molar-refractivity contribution >= 4 is 54.4 Å². The first-order chi connectivity index (χ1) is 20.9. The second kappa shape index (κ2) is 8.88. The van der Waals surface area contributed by atoms with Gasteiger partial charge in [-0.25, -0.2) is 9.97 Å². The fraction of sp³-hybridized carbons (Fsp3) is 0. The van der Waals surface area contributed by atoms with E-state index in [-0.39, 0.29) is 0 Å². The summed E-state index contributed by atoms with van der Waals surface area (Å²) >= 11 is 0. The molecule has 4 heteroatoms. The molecule has 0 radical (unpaired) electrons. The summed E-state index contributed by atoms with van der Waals surface area (Å²) in [6.07, 6.45) is 1.86. The van der Waals surface area contributed by atoms with E-state index in [9.17, 15) is 0 Å². The topological polar surface area (TPSA) is 35.6 Å². The normalized spacial score (nSPS) is 11.8. The van der Waals surface area contributed by atoms with Crippen LogP contribution in [0.5, 0.6) is 0 Å². The number of para-hydroxylation sites is 2. The first-order valence-electron chi connectivity index (χ1n) is 14.2. The molecule has 0 N–H and O–H groups in total. The summed E-state index contributed by atoms with van der Waals surface area (Å²) in [6.45, 7) is 0. The van der Waals surface area contributed by atoms with E-state index >= 15 is 0 Å². The molecule has 4 aromatic heterocycles. The third kappa shape index (κ3) is 3.23. The SMILES string of the molecule is c1ccc(-n2c3ccccc3c3c4c5ccccc5n(-c5cccc(-c6cccc7ccccc67)n5)c4ccc32)nc1. The van der Waals surface area contributed by atoms with Crippen LogP contribution in [0.25, 0.3) is 77.3 Å². The van der Waals surface area contributed by atoms with Crippen LogP contribution in [-0.2, 0) is 0 Å². The Morgan fingerprint density at radius 1 is 0.405 bits per heavy atom. The van der Waals surface area contributed by atoms with Gasteiger partial charge in [-0.05, 0) is 59.3 Å². The number of hydrogen-bond acceptors (Lipinski definition) is 2. The maximum atomic E-state index is 5.28. The van der Waals surface area contributed by atoms with Gasteiger partial charge in [0.15, 0.2) is 0 Å². The Hall–Kier alpha value is -5.74. The molecule has 4 nitrogen and oxygen atoms in total. The van der Waals surface area contributed by atoms with Gasteiger partial charge in [-0.1, -0.05) is 91.0 Å². The van der Waals surface area contributed by atoms with Crippen LogP contribution in [0.1, 0.15) is 0 Å². The maximum Gasteiger partial charge on any atom is 0.138 e. The third-order valence-corrected chi connectivity index (χ3v) is 8.38. The standard InChI is InChI=1S/C38H24N4/c1-2-13-26-25(11-1)12-9-16-27(26)30-17-10-21-36(40-30)42-32-19-6-4-15-29(32)38-34(42)23-22-33-37(38)28-14-3-5-18-31(28)41(33)35-20-7-8-24-39-35/h1-24H. The van der Waals surface area contributed by atoms with Crippen molar-refractivity contribution in [2.75, 3.05) is 0 Å². The largest absolute Gasteiger partial charge is 0.294 e. The molecule has 0 aliphatic carbocycles. The quantitative estimate of drug-likeness (QED) is 0.225. The molecule has 0 bridgehead atoms. The fourth-order valence-electron chi connectivity index (χ4n) is 6.64. The van der Waals surface area contributed by atoms with Crippen molar-refractivity contribution in [3.63, 3.8) is 0 Å². The summed E-state index contributed by atoms with van der Waals surface area (Å²) in [5.41, 5.74) is 6.65. The van der Waals surface area contributed by atoms with Crippen LogP contribution in [0.15, 0.2) is 146 Å². The van der Waals surface area contributed by atoms with Crippen LogP contribution in [-0.4, -0.2) is 19.1 Å². The molecule has 4 heterocycles. The second-order valence-electron chi connectivity index (χ2n) is 10.7. The van der Waals surface area contributed by atoms with Gasteiger partial charge >= 0.3 is 0 Å². The van der Waals surface area contributed by atoms with E-state index in [4.69, 9.17) is 9.97 Å². The molecule has 196 valence electrons. The molecule has 5 aromatic carbocycles. The van der Waals surface area contributed by atoms with E-state index in [0.29, 0.717) is 0 Å². The molecule has 0 amide bonds. The summed E-state index contributed by atoms with van der Waals surface area (Å²) in [5, 5.41) is 7.30. The number of rotatable bonds is 3. The van der Waals surface area contributed by atoms with E-state index < -0.39 is 0 Å². The minimum atomic E-state index is 0.902. The molecule has 0 spiro atoms. The highest BCUT2D eigenvalue weighted by atomic mass is 15.1. The molecule has 0 aliphatic rings. The zero-order valence-electron chi connectivity index (χ0n) is 22.6. The van der Waals surface area contributed by atoms with Crippen molar-refractivity contribution in [1.29, 1.82) is 0 Å². The van der Waals surface area contributed by atoms with Gasteiger partial charge in [0.25, 0.3) is 0 Å². The average Bonchev–Trinajstić information content (AvgIpc) is 3.58. The van der Waals surface area contributed by atoms with E-state index in [1.165, 1.54) is 32.3 Å².